The third kappa shape index (κ3) is 3.57. The number of rotatable bonds is 4. The van der Waals surface area contributed by atoms with E-state index in [0.717, 1.165) is 38.5 Å². The number of sulfonamides is 1. The van der Waals surface area contributed by atoms with Crippen LogP contribution in [0.25, 0.3) is 0 Å². The maximum Gasteiger partial charge on any atom is 0.243 e. The standard InChI is InChI=1S/C22H29BrN2O3S/c23-22-13-16-10-17(14-22)12-21(11-16,15-22)20(26)24-18-4-6-19(7-5-18)29(27,28)25-8-2-1-3-9-25/h4-7,16-17H,1-3,8-15H2,(H,24,26). The van der Waals surface area contributed by atoms with Crippen LogP contribution in [0.2, 0.25) is 0 Å². The van der Waals surface area contributed by atoms with Gasteiger partial charge >= 0.3 is 0 Å². The van der Waals surface area contributed by atoms with Gasteiger partial charge in [0, 0.05) is 23.1 Å². The topological polar surface area (TPSA) is 66.5 Å². The van der Waals surface area contributed by atoms with E-state index in [2.05, 4.69) is 21.2 Å². The second-order valence-electron chi connectivity index (χ2n) is 9.84. The molecule has 158 valence electrons. The lowest BCUT2D eigenvalue weighted by molar-refractivity contribution is -0.138. The van der Waals surface area contributed by atoms with Crippen LogP contribution in [0.5, 0.6) is 0 Å². The Morgan fingerprint density at radius 2 is 1.62 bits per heavy atom. The predicted octanol–water partition coefficient (Wildman–Crippen LogP) is 4.53. The largest absolute Gasteiger partial charge is 0.326 e. The Balaban J connectivity index is 1.31. The molecule has 4 bridgehead atoms. The predicted molar refractivity (Wildman–Crippen MR) is 116 cm³/mol. The fourth-order valence-corrected chi connectivity index (χ4v) is 9.61. The third-order valence-electron chi connectivity index (χ3n) is 7.54. The van der Waals surface area contributed by atoms with Crippen molar-refractivity contribution in [3.8, 4) is 0 Å². The molecule has 0 aromatic heterocycles. The van der Waals surface area contributed by atoms with E-state index in [1.165, 1.54) is 19.3 Å². The summed E-state index contributed by atoms with van der Waals surface area (Å²) in [4.78, 5) is 13.6. The van der Waals surface area contributed by atoms with E-state index in [-0.39, 0.29) is 15.6 Å². The Morgan fingerprint density at radius 3 is 2.21 bits per heavy atom. The van der Waals surface area contributed by atoms with Gasteiger partial charge in [-0.2, -0.15) is 4.31 Å². The molecular formula is C22H29BrN2O3S. The van der Waals surface area contributed by atoms with Crippen molar-refractivity contribution in [3.63, 3.8) is 0 Å². The van der Waals surface area contributed by atoms with Gasteiger partial charge in [0.1, 0.15) is 0 Å². The summed E-state index contributed by atoms with van der Waals surface area (Å²) in [6.07, 6.45) is 9.50. The van der Waals surface area contributed by atoms with Crippen LogP contribution in [0.3, 0.4) is 0 Å². The molecule has 2 unspecified atom stereocenters. The van der Waals surface area contributed by atoms with Crippen LogP contribution in [0.4, 0.5) is 5.69 Å². The van der Waals surface area contributed by atoms with E-state index in [9.17, 15) is 13.2 Å². The highest BCUT2D eigenvalue weighted by molar-refractivity contribution is 9.10. The molecule has 5 fully saturated rings. The first-order valence-corrected chi connectivity index (χ1v) is 13.1. The first-order chi connectivity index (χ1) is 13.8. The number of anilines is 1. The van der Waals surface area contributed by atoms with E-state index in [0.29, 0.717) is 35.5 Å². The number of benzene rings is 1. The first-order valence-electron chi connectivity index (χ1n) is 10.9. The summed E-state index contributed by atoms with van der Waals surface area (Å²) in [5, 5.41) is 3.11. The summed E-state index contributed by atoms with van der Waals surface area (Å²) in [7, 11) is -3.44. The molecule has 1 aromatic rings. The molecule has 0 spiro atoms. The third-order valence-corrected chi connectivity index (χ3v) is 10.4. The number of halogens is 1. The van der Waals surface area contributed by atoms with Gasteiger partial charge in [0.25, 0.3) is 0 Å². The minimum absolute atomic E-state index is 0.113. The van der Waals surface area contributed by atoms with Gasteiger partial charge in [0.15, 0.2) is 0 Å². The minimum atomic E-state index is -3.44. The van der Waals surface area contributed by atoms with Gasteiger partial charge < -0.3 is 5.32 Å². The molecule has 1 heterocycles. The molecule has 1 saturated heterocycles. The summed E-state index contributed by atoms with van der Waals surface area (Å²) >= 11 is 3.96. The maximum absolute atomic E-state index is 13.3. The van der Waals surface area contributed by atoms with Gasteiger partial charge in [-0.05, 0) is 87.5 Å². The Kier molecular flexibility index (Phi) is 4.87. The van der Waals surface area contributed by atoms with Crippen LogP contribution >= 0.6 is 15.9 Å². The Morgan fingerprint density at radius 1 is 1.00 bits per heavy atom. The van der Waals surface area contributed by atoms with Crippen molar-refractivity contribution < 1.29 is 13.2 Å². The Bertz CT molecular complexity index is 894. The highest BCUT2D eigenvalue weighted by Gasteiger charge is 2.59. The van der Waals surface area contributed by atoms with E-state index in [4.69, 9.17) is 0 Å². The molecule has 1 aliphatic heterocycles. The number of nitrogens with one attached hydrogen (secondary N) is 1. The number of nitrogens with zero attached hydrogens (tertiary/aromatic N) is 1. The zero-order valence-electron chi connectivity index (χ0n) is 16.7. The highest BCUT2D eigenvalue weighted by Crippen LogP contribution is 2.64. The highest BCUT2D eigenvalue weighted by atomic mass is 79.9. The molecule has 4 aliphatic carbocycles. The number of piperidine rings is 1. The Hall–Kier alpha value is -0.920. The van der Waals surface area contributed by atoms with Crippen LogP contribution in [-0.4, -0.2) is 36.0 Å². The lowest BCUT2D eigenvalue weighted by Crippen LogP contribution is -2.57. The van der Waals surface area contributed by atoms with Crippen molar-refractivity contribution in [2.75, 3.05) is 18.4 Å². The summed E-state index contributed by atoms with van der Waals surface area (Å²) in [6, 6.07) is 6.73. The average Bonchev–Trinajstić information content (AvgIpc) is 2.67. The van der Waals surface area contributed by atoms with Crippen molar-refractivity contribution in [2.45, 2.75) is 67.0 Å². The number of hydrogen-bond donors (Lipinski definition) is 1. The van der Waals surface area contributed by atoms with Gasteiger partial charge in [0.2, 0.25) is 15.9 Å². The number of amides is 1. The smallest absolute Gasteiger partial charge is 0.243 e. The van der Waals surface area contributed by atoms with Crippen molar-refractivity contribution in [1.29, 1.82) is 0 Å². The monoisotopic (exact) mass is 480 g/mol. The number of carbonyl (C=O) groups is 1. The van der Waals surface area contributed by atoms with Crippen LogP contribution < -0.4 is 5.32 Å². The van der Waals surface area contributed by atoms with E-state index in [1.54, 1.807) is 28.6 Å². The molecule has 4 saturated carbocycles. The second-order valence-corrected chi connectivity index (χ2v) is 13.5. The number of carbonyl (C=O) groups excluding carboxylic acids is 1. The lowest BCUT2D eigenvalue weighted by Gasteiger charge is -2.59. The van der Waals surface area contributed by atoms with Gasteiger partial charge in [-0.15, -0.1) is 0 Å². The molecule has 1 N–H and O–H groups in total. The summed E-state index contributed by atoms with van der Waals surface area (Å²) in [6.45, 7) is 1.19. The van der Waals surface area contributed by atoms with Crippen LogP contribution in [0.1, 0.15) is 57.8 Å². The number of hydrogen-bond acceptors (Lipinski definition) is 3. The van der Waals surface area contributed by atoms with Crippen molar-refractivity contribution >= 4 is 37.5 Å². The van der Waals surface area contributed by atoms with Crippen molar-refractivity contribution in [2.24, 2.45) is 17.3 Å². The van der Waals surface area contributed by atoms with E-state index in [1.807, 2.05) is 0 Å². The normalized spacial score (nSPS) is 36.9. The van der Waals surface area contributed by atoms with Crippen molar-refractivity contribution in [3.05, 3.63) is 24.3 Å². The second kappa shape index (κ2) is 7.06. The maximum atomic E-state index is 13.3. The summed E-state index contributed by atoms with van der Waals surface area (Å²) < 4.78 is 27.4. The van der Waals surface area contributed by atoms with E-state index < -0.39 is 10.0 Å². The molecule has 1 amide bonds. The van der Waals surface area contributed by atoms with Gasteiger partial charge in [-0.3, -0.25) is 4.79 Å². The fourth-order valence-electron chi connectivity index (χ4n) is 6.64. The average molecular weight is 481 g/mol. The molecule has 29 heavy (non-hydrogen) atoms. The summed E-state index contributed by atoms with van der Waals surface area (Å²) in [5.41, 5.74) is 0.415. The Labute approximate surface area is 181 Å². The van der Waals surface area contributed by atoms with Gasteiger partial charge in [0.05, 0.1) is 10.3 Å². The first kappa shape index (κ1) is 20.0. The lowest BCUT2D eigenvalue weighted by atomic mass is 9.49. The molecular weight excluding hydrogens is 452 g/mol. The molecule has 5 aliphatic rings. The van der Waals surface area contributed by atoms with Crippen LogP contribution in [0, 0.1) is 17.3 Å². The van der Waals surface area contributed by atoms with Crippen LogP contribution in [0.15, 0.2) is 29.2 Å². The van der Waals surface area contributed by atoms with Gasteiger partial charge in [-0.25, -0.2) is 8.42 Å². The molecule has 6 rings (SSSR count). The zero-order chi connectivity index (χ0) is 20.3. The molecule has 1 aromatic carbocycles. The molecule has 7 heteroatoms. The fraction of sp³-hybridized carbons (Fsp3) is 0.682. The molecule has 5 nitrogen and oxygen atoms in total. The quantitative estimate of drug-likeness (QED) is 0.643. The minimum Gasteiger partial charge on any atom is -0.326 e. The number of alkyl halides is 1. The SMILES string of the molecule is O=C(Nc1ccc(S(=O)(=O)N2CCCCC2)cc1)C12CC3CC(CC(Br)(C3)C1)C2. The van der Waals surface area contributed by atoms with E-state index >= 15 is 0 Å². The molecule has 2 atom stereocenters. The molecule has 0 radical (unpaired) electrons. The summed E-state index contributed by atoms with van der Waals surface area (Å²) in [5.74, 6) is 1.42. The zero-order valence-corrected chi connectivity index (χ0v) is 19.1. The van der Waals surface area contributed by atoms with Crippen LogP contribution in [-0.2, 0) is 14.8 Å². The van der Waals surface area contributed by atoms with Crippen molar-refractivity contribution in [1.82, 2.24) is 4.31 Å². The van der Waals surface area contributed by atoms with Gasteiger partial charge in [-0.1, -0.05) is 22.4 Å².